The van der Waals surface area contributed by atoms with Gasteiger partial charge in [-0.15, -0.1) is 0 Å². The molecule has 0 aliphatic heterocycles. The van der Waals surface area contributed by atoms with Gasteiger partial charge in [-0.05, 0) is 57.6 Å². The first-order chi connectivity index (χ1) is 9.43. The molecule has 1 aromatic carbocycles. The van der Waals surface area contributed by atoms with Crippen molar-refractivity contribution >= 4 is 15.9 Å². The molecule has 0 aliphatic carbocycles. The number of hydrogen-bond acceptors (Lipinski definition) is 3. The Bertz CT molecular complexity index is 607. The SMILES string of the molecule is COc1cc(C)c(C(N)c2ncc(Br)[nH]2)cc1C(C)C. The van der Waals surface area contributed by atoms with E-state index in [4.69, 9.17) is 10.5 Å². The van der Waals surface area contributed by atoms with Crippen LogP contribution in [0.25, 0.3) is 0 Å². The van der Waals surface area contributed by atoms with Crippen LogP contribution in [0.1, 0.15) is 48.3 Å². The molecule has 0 aliphatic rings. The molecule has 0 saturated carbocycles. The Morgan fingerprint density at radius 3 is 2.50 bits per heavy atom. The van der Waals surface area contributed by atoms with E-state index in [1.54, 1.807) is 13.3 Å². The Morgan fingerprint density at radius 1 is 1.30 bits per heavy atom. The maximum atomic E-state index is 6.34. The lowest BCUT2D eigenvalue weighted by Gasteiger charge is -2.19. The van der Waals surface area contributed by atoms with Crippen LogP contribution in [0.4, 0.5) is 0 Å². The maximum absolute atomic E-state index is 6.34. The molecule has 0 saturated heterocycles. The number of rotatable bonds is 4. The molecule has 0 spiro atoms. The second-order valence-corrected chi connectivity index (χ2v) is 6.05. The third kappa shape index (κ3) is 2.88. The zero-order chi connectivity index (χ0) is 14.9. The molecule has 1 heterocycles. The van der Waals surface area contributed by atoms with E-state index in [2.05, 4.69) is 45.8 Å². The van der Waals surface area contributed by atoms with Crippen molar-refractivity contribution < 1.29 is 4.74 Å². The van der Waals surface area contributed by atoms with Gasteiger partial charge in [0.25, 0.3) is 0 Å². The van der Waals surface area contributed by atoms with Crippen molar-refractivity contribution in [1.29, 1.82) is 0 Å². The first-order valence-corrected chi connectivity index (χ1v) is 7.37. The molecule has 1 atom stereocenters. The Kier molecular flexibility index (Phi) is 4.50. The fourth-order valence-corrected chi connectivity index (χ4v) is 2.60. The molecule has 1 unspecified atom stereocenters. The van der Waals surface area contributed by atoms with Crippen LogP contribution >= 0.6 is 15.9 Å². The second kappa shape index (κ2) is 5.97. The second-order valence-electron chi connectivity index (χ2n) is 5.20. The monoisotopic (exact) mass is 337 g/mol. The van der Waals surface area contributed by atoms with Gasteiger partial charge in [0.05, 0.1) is 19.3 Å². The van der Waals surface area contributed by atoms with E-state index in [9.17, 15) is 0 Å². The standard InChI is InChI=1S/C15H20BrN3O/c1-8(2)10-6-11(9(3)5-12(10)20-4)14(17)15-18-7-13(16)19-15/h5-8,14H,17H2,1-4H3,(H,18,19). The van der Waals surface area contributed by atoms with Crippen LogP contribution in [-0.4, -0.2) is 17.1 Å². The van der Waals surface area contributed by atoms with Gasteiger partial charge in [-0.3, -0.25) is 0 Å². The number of nitrogens with zero attached hydrogens (tertiary/aromatic N) is 1. The normalized spacial score (nSPS) is 12.8. The third-order valence-corrected chi connectivity index (χ3v) is 3.84. The number of halogens is 1. The van der Waals surface area contributed by atoms with Gasteiger partial charge in [0, 0.05) is 0 Å². The molecule has 108 valence electrons. The average molecular weight is 338 g/mol. The largest absolute Gasteiger partial charge is 0.496 e. The number of methoxy groups -OCH3 is 1. The number of aryl methyl sites for hydroxylation is 1. The number of aromatic amines is 1. The highest BCUT2D eigenvalue weighted by atomic mass is 79.9. The number of ether oxygens (including phenoxy) is 1. The average Bonchev–Trinajstić information content (AvgIpc) is 2.83. The van der Waals surface area contributed by atoms with E-state index < -0.39 is 0 Å². The summed E-state index contributed by atoms with van der Waals surface area (Å²) in [4.78, 5) is 7.42. The van der Waals surface area contributed by atoms with Crippen molar-refractivity contribution in [2.24, 2.45) is 5.73 Å². The van der Waals surface area contributed by atoms with Gasteiger partial charge in [-0.25, -0.2) is 4.98 Å². The van der Waals surface area contributed by atoms with E-state index in [1.165, 1.54) is 0 Å². The smallest absolute Gasteiger partial charge is 0.128 e. The van der Waals surface area contributed by atoms with Crippen LogP contribution in [-0.2, 0) is 0 Å². The lowest BCUT2D eigenvalue weighted by atomic mass is 9.93. The number of nitrogens with one attached hydrogen (secondary N) is 1. The fourth-order valence-electron chi connectivity index (χ4n) is 2.30. The molecule has 3 N–H and O–H groups in total. The molecule has 4 nitrogen and oxygen atoms in total. The summed E-state index contributed by atoms with van der Waals surface area (Å²) in [6.07, 6.45) is 1.72. The van der Waals surface area contributed by atoms with Crippen molar-refractivity contribution in [3.8, 4) is 5.75 Å². The summed E-state index contributed by atoms with van der Waals surface area (Å²) in [6, 6.07) is 3.90. The molecular formula is C15H20BrN3O. The minimum absolute atomic E-state index is 0.273. The van der Waals surface area contributed by atoms with Crippen LogP contribution in [0.5, 0.6) is 5.75 Å². The maximum Gasteiger partial charge on any atom is 0.128 e. The summed E-state index contributed by atoms with van der Waals surface area (Å²) in [5, 5.41) is 0. The van der Waals surface area contributed by atoms with E-state index in [0.717, 1.165) is 32.9 Å². The first-order valence-electron chi connectivity index (χ1n) is 6.58. The summed E-state index contributed by atoms with van der Waals surface area (Å²) < 4.78 is 6.29. The van der Waals surface area contributed by atoms with Crippen LogP contribution < -0.4 is 10.5 Å². The number of aromatic nitrogens is 2. The number of H-pyrrole nitrogens is 1. The van der Waals surface area contributed by atoms with Crippen LogP contribution in [0.3, 0.4) is 0 Å². The molecule has 2 aromatic rings. The van der Waals surface area contributed by atoms with Gasteiger partial charge < -0.3 is 15.5 Å². The van der Waals surface area contributed by atoms with Crippen LogP contribution in [0.2, 0.25) is 0 Å². The van der Waals surface area contributed by atoms with Gasteiger partial charge in [0.2, 0.25) is 0 Å². The molecule has 0 bridgehead atoms. The quantitative estimate of drug-likeness (QED) is 0.894. The molecule has 2 rings (SSSR count). The number of imidazole rings is 1. The van der Waals surface area contributed by atoms with E-state index in [1.807, 2.05) is 13.0 Å². The minimum atomic E-state index is -0.273. The summed E-state index contributed by atoms with van der Waals surface area (Å²) in [5.41, 5.74) is 9.67. The Balaban J connectivity index is 2.48. The topological polar surface area (TPSA) is 63.9 Å². The van der Waals surface area contributed by atoms with Crippen LogP contribution in [0, 0.1) is 6.92 Å². The summed E-state index contributed by atoms with van der Waals surface area (Å²) in [5.74, 6) is 2.04. The Hall–Kier alpha value is -1.33. The lowest BCUT2D eigenvalue weighted by molar-refractivity contribution is 0.407. The zero-order valence-corrected chi connectivity index (χ0v) is 13.8. The number of nitrogens with two attached hydrogens (primary N) is 1. The van der Waals surface area contributed by atoms with E-state index in [-0.39, 0.29) is 6.04 Å². The molecule has 20 heavy (non-hydrogen) atoms. The lowest BCUT2D eigenvalue weighted by Crippen LogP contribution is -2.15. The molecule has 0 fully saturated rings. The number of hydrogen-bond donors (Lipinski definition) is 2. The Labute approximate surface area is 127 Å². The van der Waals surface area contributed by atoms with E-state index >= 15 is 0 Å². The predicted octanol–water partition coefficient (Wildman–Crippen LogP) is 3.66. The molecule has 0 radical (unpaired) electrons. The summed E-state index contributed by atoms with van der Waals surface area (Å²) in [7, 11) is 1.70. The fraction of sp³-hybridized carbons (Fsp3) is 0.400. The summed E-state index contributed by atoms with van der Waals surface area (Å²) in [6.45, 7) is 6.33. The molecule has 1 aromatic heterocycles. The number of benzene rings is 1. The zero-order valence-electron chi connectivity index (χ0n) is 12.2. The van der Waals surface area contributed by atoms with Gasteiger partial charge >= 0.3 is 0 Å². The van der Waals surface area contributed by atoms with Crippen molar-refractivity contribution in [2.75, 3.05) is 7.11 Å². The highest BCUT2D eigenvalue weighted by molar-refractivity contribution is 9.10. The molecule has 5 heteroatoms. The summed E-state index contributed by atoms with van der Waals surface area (Å²) >= 11 is 3.36. The first kappa shape index (κ1) is 15.1. The van der Waals surface area contributed by atoms with Crippen molar-refractivity contribution in [3.63, 3.8) is 0 Å². The highest BCUT2D eigenvalue weighted by Gasteiger charge is 2.18. The highest BCUT2D eigenvalue weighted by Crippen LogP contribution is 2.32. The van der Waals surface area contributed by atoms with Crippen molar-refractivity contribution in [3.05, 3.63) is 45.4 Å². The molecule has 0 amide bonds. The minimum Gasteiger partial charge on any atom is -0.496 e. The third-order valence-electron chi connectivity index (χ3n) is 3.43. The van der Waals surface area contributed by atoms with E-state index in [0.29, 0.717) is 5.92 Å². The van der Waals surface area contributed by atoms with Crippen molar-refractivity contribution in [2.45, 2.75) is 32.7 Å². The molecular weight excluding hydrogens is 318 g/mol. The van der Waals surface area contributed by atoms with Gasteiger partial charge in [-0.2, -0.15) is 0 Å². The van der Waals surface area contributed by atoms with Gasteiger partial charge in [0.1, 0.15) is 16.2 Å². The Morgan fingerprint density at radius 2 is 2.00 bits per heavy atom. The van der Waals surface area contributed by atoms with Gasteiger partial charge in [0.15, 0.2) is 0 Å². The van der Waals surface area contributed by atoms with Crippen molar-refractivity contribution in [1.82, 2.24) is 9.97 Å². The predicted molar refractivity (Wildman–Crippen MR) is 84.1 cm³/mol. The van der Waals surface area contributed by atoms with Crippen LogP contribution in [0.15, 0.2) is 22.9 Å². The van der Waals surface area contributed by atoms with Gasteiger partial charge in [-0.1, -0.05) is 13.8 Å².